The third kappa shape index (κ3) is 2.69. The van der Waals surface area contributed by atoms with Crippen molar-refractivity contribution in [3.8, 4) is 22.3 Å². The maximum atomic E-state index is 12.5. The lowest BCUT2D eigenvalue weighted by Crippen LogP contribution is -2.19. The van der Waals surface area contributed by atoms with Gasteiger partial charge < -0.3 is 10.6 Å². The number of urea groups is 1. The van der Waals surface area contributed by atoms with Gasteiger partial charge in [-0.3, -0.25) is 0 Å². The third-order valence-electron chi connectivity index (χ3n) is 4.90. The Labute approximate surface area is 165 Å². The van der Waals surface area contributed by atoms with Crippen molar-refractivity contribution in [2.75, 3.05) is 10.6 Å². The Balaban J connectivity index is 1.52. The minimum absolute atomic E-state index is 0.256. The van der Waals surface area contributed by atoms with Gasteiger partial charge in [0.25, 0.3) is 0 Å². The van der Waals surface area contributed by atoms with E-state index in [9.17, 15) is 4.79 Å². The normalized spacial score (nSPS) is 11.3. The molecule has 0 aromatic heterocycles. The first-order chi connectivity index (χ1) is 13.2. The molecule has 5 rings (SSSR count). The first kappa shape index (κ1) is 16.1. The molecule has 4 heteroatoms. The number of fused-ring (bicyclic) bond motifs is 3. The van der Waals surface area contributed by atoms with Crippen molar-refractivity contribution in [2.24, 2.45) is 0 Å². The Morgan fingerprint density at radius 2 is 1.33 bits per heavy atom. The van der Waals surface area contributed by atoms with Gasteiger partial charge in [-0.05, 0) is 58.0 Å². The van der Waals surface area contributed by atoms with Crippen LogP contribution < -0.4 is 10.6 Å². The fraction of sp³-hybridized carbons (Fsp3) is 0. The van der Waals surface area contributed by atoms with E-state index in [0.717, 1.165) is 21.2 Å². The van der Waals surface area contributed by atoms with Gasteiger partial charge in [-0.25, -0.2) is 4.79 Å². The van der Waals surface area contributed by atoms with E-state index in [-0.39, 0.29) is 6.03 Å². The van der Waals surface area contributed by atoms with E-state index in [4.69, 9.17) is 0 Å². The van der Waals surface area contributed by atoms with Crippen LogP contribution in [0.4, 0.5) is 16.2 Å². The lowest BCUT2D eigenvalue weighted by Gasteiger charge is -2.12. The molecule has 2 amide bonds. The zero-order valence-electron chi connectivity index (χ0n) is 14.3. The van der Waals surface area contributed by atoms with Gasteiger partial charge in [0.15, 0.2) is 0 Å². The van der Waals surface area contributed by atoms with Crippen LogP contribution >= 0.6 is 15.9 Å². The van der Waals surface area contributed by atoms with Crippen LogP contribution in [-0.4, -0.2) is 6.03 Å². The maximum Gasteiger partial charge on any atom is 0.323 e. The first-order valence-electron chi connectivity index (χ1n) is 8.70. The molecular formula is C23H15BrN2O. The lowest BCUT2D eigenvalue weighted by atomic mass is 10.0. The number of anilines is 2. The number of carbonyl (C=O) groups excluding carboxylic acids is 1. The Morgan fingerprint density at radius 1 is 0.667 bits per heavy atom. The molecule has 0 bridgehead atoms. The summed E-state index contributed by atoms with van der Waals surface area (Å²) in [4.78, 5) is 12.5. The van der Waals surface area contributed by atoms with E-state index < -0.39 is 0 Å². The predicted molar refractivity (Wildman–Crippen MR) is 115 cm³/mol. The van der Waals surface area contributed by atoms with Crippen molar-refractivity contribution in [3.63, 3.8) is 0 Å². The molecule has 4 aromatic rings. The van der Waals surface area contributed by atoms with Crippen LogP contribution in [0.15, 0.2) is 83.3 Å². The standard InChI is InChI=1S/C23H15BrN2O/c24-14-8-10-15(11-9-14)25-23(27)26-21-13-12-19-17-5-2-1-4-16(17)18-6-3-7-20(21)22(18)19/h1-13H,(H2,25,26,27). The zero-order valence-corrected chi connectivity index (χ0v) is 15.9. The van der Waals surface area contributed by atoms with E-state index in [1.165, 1.54) is 27.6 Å². The molecule has 0 radical (unpaired) electrons. The highest BCUT2D eigenvalue weighted by Crippen LogP contribution is 2.48. The molecule has 0 saturated heterocycles. The van der Waals surface area contributed by atoms with Gasteiger partial charge in [0.1, 0.15) is 0 Å². The second-order valence-electron chi connectivity index (χ2n) is 6.52. The van der Waals surface area contributed by atoms with E-state index in [0.29, 0.717) is 0 Å². The van der Waals surface area contributed by atoms with Crippen LogP contribution in [0, 0.1) is 0 Å². The summed E-state index contributed by atoms with van der Waals surface area (Å²) in [5.74, 6) is 0. The van der Waals surface area contributed by atoms with E-state index in [1.807, 2.05) is 36.4 Å². The summed E-state index contributed by atoms with van der Waals surface area (Å²) in [6.45, 7) is 0. The van der Waals surface area contributed by atoms with Gasteiger partial charge in [-0.15, -0.1) is 0 Å². The van der Waals surface area contributed by atoms with Crippen molar-refractivity contribution >= 4 is 44.1 Å². The number of hydrogen-bond acceptors (Lipinski definition) is 1. The summed E-state index contributed by atoms with van der Waals surface area (Å²) in [6, 6.07) is 26.0. The average Bonchev–Trinajstić information content (AvgIpc) is 3.02. The topological polar surface area (TPSA) is 41.1 Å². The van der Waals surface area contributed by atoms with Crippen molar-refractivity contribution in [1.82, 2.24) is 0 Å². The highest BCUT2D eigenvalue weighted by Gasteiger charge is 2.22. The lowest BCUT2D eigenvalue weighted by molar-refractivity contribution is 0.262. The average molecular weight is 415 g/mol. The van der Waals surface area contributed by atoms with Gasteiger partial charge in [-0.1, -0.05) is 64.5 Å². The molecule has 0 saturated carbocycles. The van der Waals surface area contributed by atoms with Crippen LogP contribution in [0.1, 0.15) is 0 Å². The van der Waals surface area contributed by atoms with Crippen molar-refractivity contribution in [2.45, 2.75) is 0 Å². The predicted octanol–water partition coefficient (Wildman–Crippen LogP) is 6.89. The fourth-order valence-corrected chi connectivity index (χ4v) is 4.00. The summed E-state index contributed by atoms with van der Waals surface area (Å²) in [5.41, 5.74) is 6.47. The van der Waals surface area contributed by atoms with Crippen LogP contribution in [0.5, 0.6) is 0 Å². The molecular weight excluding hydrogens is 400 g/mol. The molecule has 27 heavy (non-hydrogen) atoms. The monoisotopic (exact) mass is 414 g/mol. The van der Waals surface area contributed by atoms with Crippen LogP contribution in [0.2, 0.25) is 0 Å². The van der Waals surface area contributed by atoms with Crippen LogP contribution in [0.3, 0.4) is 0 Å². The number of amides is 2. The van der Waals surface area contributed by atoms with Gasteiger partial charge in [0, 0.05) is 15.5 Å². The van der Waals surface area contributed by atoms with E-state index >= 15 is 0 Å². The summed E-state index contributed by atoms with van der Waals surface area (Å²) in [6.07, 6.45) is 0. The molecule has 4 aromatic carbocycles. The molecule has 0 atom stereocenters. The molecule has 0 heterocycles. The summed E-state index contributed by atoms with van der Waals surface area (Å²) in [7, 11) is 0. The Hall–Kier alpha value is -3.11. The molecule has 0 unspecified atom stereocenters. The number of hydrogen-bond donors (Lipinski definition) is 2. The molecule has 0 fully saturated rings. The zero-order chi connectivity index (χ0) is 18.4. The van der Waals surface area contributed by atoms with Crippen molar-refractivity contribution in [1.29, 1.82) is 0 Å². The van der Waals surface area contributed by atoms with E-state index in [2.05, 4.69) is 69.0 Å². The Bertz CT molecular complexity index is 1170. The third-order valence-corrected chi connectivity index (χ3v) is 5.43. The van der Waals surface area contributed by atoms with Gasteiger partial charge >= 0.3 is 6.03 Å². The minimum atomic E-state index is -0.256. The second kappa shape index (κ2) is 6.25. The number of nitrogens with one attached hydrogen (secondary N) is 2. The Morgan fingerprint density at radius 3 is 2.07 bits per heavy atom. The summed E-state index contributed by atoms with van der Waals surface area (Å²) in [5, 5.41) is 8.11. The molecule has 130 valence electrons. The molecule has 1 aliphatic rings. The van der Waals surface area contributed by atoms with Gasteiger partial charge in [-0.2, -0.15) is 0 Å². The summed E-state index contributed by atoms with van der Waals surface area (Å²) >= 11 is 3.40. The minimum Gasteiger partial charge on any atom is -0.308 e. The molecule has 2 N–H and O–H groups in total. The molecule has 0 spiro atoms. The fourth-order valence-electron chi connectivity index (χ4n) is 3.74. The molecule has 0 aliphatic heterocycles. The summed E-state index contributed by atoms with van der Waals surface area (Å²) < 4.78 is 0.973. The van der Waals surface area contributed by atoms with Crippen molar-refractivity contribution in [3.05, 3.63) is 83.3 Å². The van der Waals surface area contributed by atoms with Crippen LogP contribution in [0.25, 0.3) is 33.0 Å². The second-order valence-corrected chi connectivity index (χ2v) is 7.44. The quantitative estimate of drug-likeness (QED) is 0.324. The van der Waals surface area contributed by atoms with Gasteiger partial charge in [0.2, 0.25) is 0 Å². The number of rotatable bonds is 2. The number of halogens is 1. The SMILES string of the molecule is O=C(Nc1ccc(Br)cc1)Nc1ccc2c3c(cccc13)-c1ccccc1-2. The Kier molecular flexibility index (Phi) is 3.73. The largest absolute Gasteiger partial charge is 0.323 e. The molecule has 3 nitrogen and oxygen atoms in total. The first-order valence-corrected chi connectivity index (χ1v) is 9.49. The highest BCUT2D eigenvalue weighted by atomic mass is 79.9. The highest BCUT2D eigenvalue weighted by molar-refractivity contribution is 9.10. The number of benzene rings is 4. The maximum absolute atomic E-state index is 12.5. The number of carbonyl (C=O) groups is 1. The van der Waals surface area contributed by atoms with Crippen molar-refractivity contribution < 1.29 is 4.79 Å². The van der Waals surface area contributed by atoms with Crippen LogP contribution in [-0.2, 0) is 0 Å². The molecule has 1 aliphatic carbocycles. The van der Waals surface area contributed by atoms with E-state index in [1.54, 1.807) is 0 Å². The smallest absolute Gasteiger partial charge is 0.308 e. The van der Waals surface area contributed by atoms with Gasteiger partial charge in [0.05, 0.1) is 5.69 Å².